The van der Waals surface area contributed by atoms with Crippen LogP contribution < -0.4 is 5.32 Å². The van der Waals surface area contributed by atoms with Crippen molar-refractivity contribution in [1.29, 1.82) is 0 Å². The summed E-state index contributed by atoms with van der Waals surface area (Å²) in [5.41, 5.74) is -1.50. The van der Waals surface area contributed by atoms with Gasteiger partial charge in [0, 0.05) is 12.1 Å². The smallest absolute Gasteiger partial charge is 0.407 e. The average Bonchev–Trinajstić information content (AvgIpc) is 2.81. The highest BCUT2D eigenvalue weighted by Crippen LogP contribution is 2.34. The fraction of sp³-hybridized carbons (Fsp3) is 0.682. The summed E-state index contributed by atoms with van der Waals surface area (Å²) in [5.74, 6) is -0.624. The molecule has 1 heterocycles. The summed E-state index contributed by atoms with van der Waals surface area (Å²) in [6, 6.07) is -0.826. The lowest BCUT2D eigenvalue weighted by Crippen LogP contribution is -2.47. The van der Waals surface area contributed by atoms with Crippen molar-refractivity contribution < 1.29 is 28.6 Å². The first-order chi connectivity index (χ1) is 13.8. The van der Waals surface area contributed by atoms with E-state index in [4.69, 9.17) is 14.2 Å². The van der Waals surface area contributed by atoms with E-state index in [-0.39, 0.29) is 24.5 Å². The van der Waals surface area contributed by atoms with Crippen molar-refractivity contribution in [3.63, 3.8) is 0 Å². The second kappa shape index (κ2) is 10.6. The van der Waals surface area contributed by atoms with Crippen molar-refractivity contribution in [3.8, 4) is 0 Å². The summed E-state index contributed by atoms with van der Waals surface area (Å²) in [6.45, 7) is 12.7. The molecule has 0 unspecified atom stereocenters. The monoisotopic (exact) mass is 424 g/mol. The molecule has 8 heteroatoms. The van der Waals surface area contributed by atoms with Crippen LogP contribution in [0.25, 0.3) is 0 Å². The number of alkyl carbamates (subject to hydrolysis) is 1. The average molecular weight is 425 g/mol. The third-order valence-electron chi connectivity index (χ3n) is 4.62. The molecule has 0 saturated carbocycles. The number of hydrogen-bond donors (Lipinski definition) is 1. The quantitative estimate of drug-likeness (QED) is 0.383. The maximum atomic E-state index is 12.7. The molecular weight excluding hydrogens is 388 g/mol. The van der Waals surface area contributed by atoms with E-state index < -0.39 is 29.4 Å². The minimum Gasteiger partial charge on any atom is -0.469 e. The molecule has 0 aliphatic carbocycles. The lowest BCUT2D eigenvalue weighted by Gasteiger charge is -2.31. The van der Waals surface area contributed by atoms with E-state index >= 15 is 0 Å². The largest absolute Gasteiger partial charge is 0.469 e. The molecule has 1 saturated heterocycles. The number of ether oxygens (including phenoxy) is 3. The molecule has 1 N–H and O–H groups in total. The Balaban J connectivity index is 2.95. The molecule has 3 atom stereocenters. The molecule has 0 radical (unpaired) electrons. The molecule has 0 aromatic heterocycles. The lowest BCUT2D eigenvalue weighted by atomic mass is 10.0. The number of carbonyl (C=O) groups is 3. The minimum atomic E-state index is -0.830. The van der Waals surface area contributed by atoms with Gasteiger partial charge in [0.15, 0.2) is 0 Å². The zero-order valence-corrected chi connectivity index (χ0v) is 19.4. The van der Waals surface area contributed by atoms with Gasteiger partial charge in [-0.2, -0.15) is 0 Å². The van der Waals surface area contributed by atoms with Gasteiger partial charge in [-0.1, -0.05) is 18.2 Å². The molecule has 0 aromatic carbocycles. The topological polar surface area (TPSA) is 94.2 Å². The SMILES string of the molecule is C/C=C\C=C\C(=O)N1[C@H](C)[C@@H](C[C@H](CC(=O)OC)NC(=O)OC(C)(C)C)OC1(C)C. The van der Waals surface area contributed by atoms with Crippen LogP contribution >= 0.6 is 0 Å². The first-order valence-corrected chi connectivity index (χ1v) is 10.2. The molecular formula is C22H36N2O6. The molecule has 0 bridgehead atoms. The van der Waals surface area contributed by atoms with Crippen LogP contribution in [0.2, 0.25) is 0 Å². The van der Waals surface area contributed by atoms with Crippen molar-refractivity contribution in [1.82, 2.24) is 10.2 Å². The number of nitrogens with zero attached hydrogens (tertiary/aromatic N) is 1. The van der Waals surface area contributed by atoms with E-state index in [2.05, 4.69) is 5.32 Å². The van der Waals surface area contributed by atoms with Gasteiger partial charge in [-0.05, 0) is 54.9 Å². The Bertz CT molecular complexity index is 678. The van der Waals surface area contributed by atoms with Crippen LogP contribution in [0.1, 0.15) is 61.3 Å². The first-order valence-electron chi connectivity index (χ1n) is 10.2. The summed E-state index contributed by atoms with van der Waals surface area (Å²) >= 11 is 0. The van der Waals surface area contributed by atoms with Crippen LogP contribution in [0.3, 0.4) is 0 Å². The Morgan fingerprint density at radius 2 is 1.87 bits per heavy atom. The number of rotatable bonds is 7. The third-order valence-corrected chi connectivity index (χ3v) is 4.62. The van der Waals surface area contributed by atoms with Crippen molar-refractivity contribution in [2.24, 2.45) is 0 Å². The van der Waals surface area contributed by atoms with Gasteiger partial charge < -0.3 is 24.4 Å². The number of hydrogen-bond acceptors (Lipinski definition) is 6. The number of allylic oxidation sites excluding steroid dienone is 3. The van der Waals surface area contributed by atoms with Gasteiger partial charge in [-0.25, -0.2) is 4.79 Å². The van der Waals surface area contributed by atoms with E-state index in [1.807, 2.05) is 33.8 Å². The van der Waals surface area contributed by atoms with Gasteiger partial charge >= 0.3 is 12.1 Å². The standard InChI is InChI=1S/C22H36N2O6/c1-9-10-11-12-18(25)24-15(2)17(29-22(24,6)7)13-16(14-19(26)28-8)23-20(27)30-21(3,4)5/h9-12,15-17H,13-14H2,1-8H3,(H,23,27)/b10-9-,12-11+/t15-,16-,17-/m1/s1. The Morgan fingerprint density at radius 3 is 2.40 bits per heavy atom. The summed E-state index contributed by atoms with van der Waals surface area (Å²) in [7, 11) is 1.29. The lowest BCUT2D eigenvalue weighted by molar-refractivity contribution is -0.142. The molecule has 2 amide bonds. The minimum absolute atomic E-state index is 0.0299. The molecule has 170 valence electrons. The predicted octanol–water partition coefficient (Wildman–Crippen LogP) is 3.32. The van der Waals surface area contributed by atoms with Crippen LogP contribution in [-0.2, 0) is 23.8 Å². The maximum Gasteiger partial charge on any atom is 0.407 e. The summed E-state index contributed by atoms with van der Waals surface area (Å²) < 4.78 is 16.2. The number of carbonyl (C=O) groups excluding carboxylic acids is 3. The first kappa shape index (κ1) is 25.7. The highest BCUT2D eigenvalue weighted by molar-refractivity contribution is 5.88. The van der Waals surface area contributed by atoms with Gasteiger partial charge in [-0.15, -0.1) is 0 Å². The van der Waals surface area contributed by atoms with Gasteiger partial charge in [0.1, 0.15) is 11.3 Å². The van der Waals surface area contributed by atoms with E-state index in [0.717, 1.165) is 0 Å². The van der Waals surface area contributed by atoms with Crippen LogP contribution in [0.5, 0.6) is 0 Å². The van der Waals surface area contributed by atoms with Crippen molar-refractivity contribution >= 4 is 18.0 Å². The predicted molar refractivity (Wildman–Crippen MR) is 114 cm³/mol. The zero-order chi connectivity index (χ0) is 23.1. The number of amides is 2. The Kier molecular flexibility index (Phi) is 9.09. The summed E-state index contributed by atoms with van der Waals surface area (Å²) in [6.07, 6.45) is 6.08. The normalized spacial score (nSPS) is 22.3. The Morgan fingerprint density at radius 1 is 1.23 bits per heavy atom. The highest BCUT2D eigenvalue weighted by atomic mass is 16.6. The second-order valence-corrected chi connectivity index (χ2v) is 8.80. The van der Waals surface area contributed by atoms with Crippen LogP contribution in [0.15, 0.2) is 24.3 Å². The van der Waals surface area contributed by atoms with Gasteiger partial charge in [0.2, 0.25) is 5.91 Å². The van der Waals surface area contributed by atoms with Crippen LogP contribution in [-0.4, -0.2) is 59.5 Å². The summed E-state index contributed by atoms with van der Waals surface area (Å²) in [5, 5.41) is 2.73. The van der Waals surface area contributed by atoms with E-state index in [9.17, 15) is 14.4 Å². The van der Waals surface area contributed by atoms with E-state index in [1.54, 1.807) is 37.8 Å². The number of esters is 1. The maximum absolute atomic E-state index is 12.7. The Labute approximate surface area is 179 Å². The van der Waals surface area contributed by atoms with Crippen molar-refractivity contribution in [2.45, 2.75) is 90.8 Å². The second-order valence-electron chi connectivity index (χ2n) is 8.80. The van der Waals surface area contributed by atoms with Crippen molar-refractivity contribution in [3.05, 3.63) is 24.3 Å². The fourth-order valence-corrected chi connectivity index (χ4v) is 3.46. The summed E-state index contributed by atoms with van der Waals surface area (Å²) in [4.78, 5) is 38.5. The van der Waals surface area contributed by atoms with E-state index in [0.29, 0.717) is 6.42 Å². The Hall–Kier alpha value is -2.35. The van der Waals surface area contributed by atoms with Crippen LogP contribution in [0, 0.1) is 0 Å². The molecule has 0 spiro atoms. The van der Waals surface area contributed by atoms with E-state index in [1.165, 1.54) is 13.2 Å². The molecule has 30 heavy (non-hydrogen) atoms. The van der Waals surface area contributed by atoms with Gasteiger partial charge in [0.25, 0.3) is 0 Å². The third kappa shape index (κ3) is 7.82. The zero-order valence-electron chi connectivity index (χ0n) is 19.4. The number of nitrogens with one attached hydrogen (secondary N) is 1. The fourth-order valence-electron chi connectivity index (χ4n) is 3.46. The molecule has 1 aliphatic rings. The molecule has 0 aromatic rings. The number of methoxy groups -OCH3 is 1. The highest BCUT2D eigenvalue weighted by Gasteiger charge is 2.47. The van der Waals surface area contributed by atoms with Gasteiger partial charge in [0.05, 0.1) is 25.7 Å². The molecule has 1 fully saturated rings. The van der Waals surface area contributed by atoms with Crippen molar-refractivity contribution in [2.75, 3.05) is 7.11 Å². The molecule has 1 aliphatic heterocycles. The van der Waals surface area contributed by atoms with Gasteiger partial charge in [-0.3, -0.25) is 9.59 Å². The van der Waals surface area contributed by atoms with Crippen LogP contribution in [0.4, 0.5) is 4.79 Å². The molecule has 1 rings (SSSR count). The molecule has 8 nitrogen and oxygen atoms in total.